The third-order valence-corrected chi connectivity index (χ3v) is 3.75. The molecule has 1 saturated heterocycles. The Labute approximate surface area is 78.3 Å². The van der Waals surface area contributed by atoms with E-state index in [2.05, 4.69) is 34.8 Å². The maximum Gasteiger partial charge on any atom is 0.0126 e. The van der Waals surface area contributed by atoms with Crippen LogP contribution in [0.1, 0.15) is 26.2 Å². The van der Waals surface area contributed by atoms with E-state index in [9.17, 15) is 0 Å². The van der Waals surface area contributed by atoms with Crippen LogP contribution < -0.4 is 0 Å². The van der Waals surface area contributed by atoms with Crippen molar-refractivity contribution >= 4 is 15.9 Å². The number of hydrogen-bond acceptors (Lipinski definition) is 1. The fourth-order valence-electron chi connectivity index (χ4n) is 1.92. The SMILES string of the molecule is CC(CBr)C1CCCCN1C. The lowest BCUT2D eigenvalue weighted by atomic mass is 9.93. The molecule has 1 nitrogen and oxygen atoms in total. The van der Waals surface area contributed by atoms with Crippen LogP contribution in [0, 0.1) is 5.92 Å². The maximum atomic E-state index is 3.55. The van der Waals surface area contributed by atoms with Gasteiger partial charge in [-0.15, -0.1) is 0 Å². The number of halogens is 1. The van der Waals surface area contributed by atoms with E-state index in [0.29, 0.717) is 0 Å². The summed E-state index contributed by atoms with van der Waals surface area (Å²) in [7, 11) is 2.25. The van der Waals surface area contributed by atoms with Crippen molar-refractivity contribution in [2.45, 2.75) is 32.2 Å². The molecule has 0 aromatic carbocycles. The zero-order valence-corrected chi connectivity index (χ0v) is 9.10. The topological polar surface area (TPSA) is 3.24 Å². The number of rotatable bonds is 2. The molecule has 0 aromatic rings. The van der Waals surface area contributed by atoms with E-state index < -0.39 is 0 Å². The molecule has 66 valence electrons. The Morgan fingerprint density at radius 1 is 1.55 bits per heavy atom. The molecule has 0 radical (unpaired) electrons. The van der Waals surface area contributed by atoms with Gasteiger partial charge in [0.15, 0.2) is 0 Å². The summed E-state index contributed by atoms with van der Waals surface area (Å²) in [5.74, 6) is 0.806. The lowest BCUT2D eigenvalue weighted by Gasteiger charge is -2.35. The van der Waals surface area contributed by atoms with E-state index in [-0.39, 0.29) is 0 Å². The first-order valence-electron chi connectivity index (χ1n) is 4.52. The molecule has 1 fully saturated rings. The predicted octanol–water partition coefficient (Wildman–Crippen LogP) is 2.50. The van der Waals surface area contributed by atoms with E-state index in [1.165, 1.54) is 25.8 Å². The monoisotopic (exact) mass is 219 g/mol. The molecular formula is C9H18BrN. The van der Waals surface area contributed by atoms with Crippen molar-refractivity contribution in [1.82, 2.24) is 4.90 Å². The lowest BCUT2D eigenvalue weighted by Crippen LogP contribution is -2.41. The van der Waals surface area contributed by atoms with Gasteiger partial charge in [0.05, 0.1) is 0 Å². The second-order valence-corrected chi connectivity index (χ2v) is 4.32. The summed E-state index contributed by atoms with van der Waals surface area (Å²) in [4.78, 5) is 2.51. The molecule has 0 amide bonds. The first-order chi connectivity index (χ1) is 5.25. The Kier molecular flexibility index (Phi) is 3.86. The maximum absolute atomic E-state index is 3.55. The first kappa shape index (κ1) is 9.53. The summed E-state index contributed by atoms with van der Waals surface area (Å²) >= 11 is 3.55. The minimum Gasteiger partial charge on any atom is -0.303 e. The van der Waals surface area contributed by atoms with Gasteiger partial charge in [-0.3, -0.25) is 0 Å². The minimum atomic E-state index is 0.806. The average molecular weight is 220 g/mol. The Balaban J connectivity index is 2.40. The number of hydrogen-bond donors (Lipinski definition) is 0. The highest BCUT2D eigenvalue weighted by atomic mass is 79.9. The van der Waals surface area contributed by atoms with Crippen LogP contribution in [0.25, 0.3) is 0 Å². The van der Waals surface area contributed by atoms with E-state index in [1.54, 1.807) is 0 Å². The molecule has 0 saturated carbocycles. The molecule has 1 rings (SSSR count). The fourth-order valence-corrected chi connectivity index (χ4v) is 2.35. The van der Waals surface area contributed by atoms with Gasteiger partial charge in [0.25, 0.3) is 0 Å². The highest BCUT2D eigenvalue weighted by Crippen LogP contribution is 2.22. The summed E-state index contributed by atoms with van der Waals surface area (Å²) in [6.07, 6.45) is 4.21. The standard InChI is InChI=1S/C9H18BrN/c1-8(7-10)9-5-3-4-6-11(9)2/h8-9H,3-7H2,1-2H3. The van der Waals surface area contributed by atoms with Crippen LogP contribution in [0.15, 0.2) is 0 Å². The van der Waals surface area contributed by atoms with E-state index >= 15 is 0 Å². The van der Waals surface area contributed by atoms with E-state index in [0.717, 1.165) is 17.3 Å². The van der Waals surface area contributed by atoms with Gasteiger partial charge in [0.1, 0.15) is 0 Å². The smallest absolute Gasteiger partial charge is 0.0126 e. The third-order valence-electron chi connectivity index (χ3n) is 2.73. The summed E-state index contributed by atoms with van der Waals surface area (Å²) in [6, 6.07) is 0.822. The summed E-state index contributed by atoms with van der Waals surface area (Å²) in [5, 5.41) is 1.14. The summed E-state index contributed by atoms with van der Waals surface area (Å²) < 4.78 is 0. The van der Waals surface area contributed by atoms with Crippen LogP contribution in [-0.4, -0.2) is 29.9 Å². The van der Waals surface area contributed by atoms with Crippen LogP contribution in [0.2, 0.25) is 0 Å². The van der Waals surface area contributed by atoms with Gasteiger partial charge in [-0.05, 0) is 32.4 Å². The third kappa shape index (κ3) is 2.45. The van der Waals surface area contributed by atoms with E-state index in [1.807, 2.05) is 0 Å². The zero-order valence-electron chi connectivity index (χ0n) is 7.52. The molecule has 0 spiro atoms. The van der Waals surface area contributed by atoms with Crippen molar-refractivity contribution in [3.63, 3.8) is 0 Å². The number of likely N-dealkylation sites (tertiary alicyclic amines) is 1. The van der Waals surface area contributed by atoms with Gasteiger partial charge in [0, 0.05) is 11.4 Å². The van der Waals surface area contributed by atoms with Gasteiger partial charge in [0.2, 0.25) is 0 Å². The Hall–Kier alpha value is 0.440. The molecule has 1 aliphatic rings. The van der Waals surface area contributed by atoms with Crippen molar-refractivity contribution in [3.8, 4) is 0 Å². The molecule has 1 aliphatic heterocycles. The van der Waals surface area contributed by atoms with Gasteiger partial charge in [-0.1, -0.05) is 29.3 Å². The van der Waals surface area contributed by atoms with E-state index in [4.69, 9.17) is 0 Å². The second-order valence-electron chi connectivity index (χ2n) is 3.68. The summed E-state index contributed by atoms with van der Waals surface area (Å²) in [5.41, 5.74) is 0. The van der Waals surface area contributed by atoms with Crippen LogP contribution in [-0.2, 0) is 0 Å². The Bertz CT molecular complexity index is 112. The molecule has 2 unspecified atom stereocenters. The molecular weight excluding hydrogens is 202 g/mol. The first-order valence-corrected chi connectivity index (χ1v) is 5.64. The number of piperidine rings is 1. The predicted molar refractivity (Wildman–Crippen MR) is 53.2 cm³/mol. The molecule has 11 heavy (non-hydrogen) atoms. The fraction of sp³-hybridized carbons (Fsp3) is 1.00. The Morgan fingerprint density at radius 3 is 2.82 bits per heavy atom. The van der Waals surface area contributed by atoms with Crippen molar-refractivity contribution < 1.29 is 0 Å². The normalized spacial score (nSPS) is 30.3. The number of nitrogens with zero attached hydrogens (tertiary/aromatic N) is 1. The lowest BCUT2D eigenvalue weighted by molar-refractivity contribution is 0.146. The molecule has 0 N–H and O–H groups in total. The summed E-state index contributed by atoms with van der Waals surface area (Å²) in [6.45, 7) is 3.63. The second kappa shape index (κ2) is 4.46. The van der Waals surface area contributed by atoms with Crippen LogP contribution in [0.3, 0.4) is 0 Å². The van der Waals surface area contributed by atoms with Gasteiger partial charge >= 0.3 is 0 Å². The van der Waals surface area contributed by atoms with Crippen molar-refractivity contribution in [3.05, 3.63) is 0 Å². The van der Waals surface area contributed by atoms with Crippen LogP contribution in [0.4, 0.5) is 0 Å². The van der Waals surface area contributed by atoms with Crippen LogP contribution in [0.5, 0.6) is 0 Å². The van der Waals surface area contributed by atoms with Crippen LogP contribution >= 0.6 is 15.9 Å². The largest absolute Gasteiger partial charge is 0.303 e. The van der Waals surface area contributed by atoms with Gasteiger partial charge in [-0.2, -0.15) is 0 Å². The van der Waals surface area contributed by atoms with Crippen molar-refractivity contribution in [2.24, 2.45) is 5.92 Å². The van der Waals surface area contributed by atoms with Crippen molar-refractivity contribution in [1.29, 1.82) is 0 Å². The minimum absolute atomic E-state index is 0.806. The number of alkyl halides is 1. The molecule has 2 heteroatoms. The molecule has 2 atom stereocenters. The van der Waals surface area contributed by atoms with Gasteiger partial charge in [-0.25, -0.2) is 0 Å². The quantitative estimate of drug-likeness (QED) is 0.646. The molecule has 0 aromatic heterocycles. The highest BCUT2D eigenvalue weighted by molar-refractivity contribution is 9.09. The zero-order chi connectivity index (χ0) is 8.27. The highest BCUT2D eigenvalue weighted by Gasteiger charge is 2.23. The van der Waals surface area contributed by atoms with Crippen molar-refractivity contribution in [2.75, 3.05) is 18.9 Å². The average Bonchev–Trinajstić information content (AvgIpc) is 2.04. The van der Waals surface area contributed by atoms with Gasteiger partial charge < -0.3 is 4.90 Å². The Morgan fingerprint density at radius 2 is 2.27 bits per heavy atom. The molecule has 0 aliphatic carbocycles. The molecule has 0 bridgehead atoms. The molecule has 1 heterocycles.